The van der Waals surface area contributed by atoms with Crippen molar-refractivity contribution in [3.8, 4) is 17.0 Å². The molecule has 3 aromatic carbocycles. The summed E-state index contributed by atoms with van der Waals surface area (Å²) in [5.74, 6) is 0.799. The topological polar surface area (TPSA) is 31.2 Å². The van der Waals surface area contributed by atoms with Crippen LogP contribution in [0, 0.1) is 0 Å². The molecule has 0 atom stereocenters. The molecule has 0 fully saturated rings. The number of fused-ring (bicyclic) bond motifs is 1. The zero-order chi connectivity index (χ0) is 17.9. The van der Waals surface area contributed by atoms with Gasteiger partial charge in [0.25, 0.3) is 5.56 Å². The van der Waals surface area contributed by atoms with Crippen molar-refractivity contribution in [2.45, 2.75) is 6.54 Å². The van der Waals surface area contributed by atoms with Crippen LogP contribution in [0.25, 0.3) is 22.0 Å². The van der Waals surface area contributed by atoms with Crippen LogP contribution in [0.15, 0.2) is 89.7 Å². The maximum atomic E-state index is 12.5. The second-order valence-corrected chi connectivity index (χ2v) is 6.25. The van der Waals surface area contributed by atoms with E-state index in [1.54, 1.807) is 19.2 Å². The highest BCUT2D eigenvalue weighted by atomic mass is 16.5. The lowest BCUT2D eigenvalue weighted by Gasteiger charge is -2.14. The summed E-state index contributed by atoms with van der Waals surface area (Å²) in [5.41, 5.74) is 2.98. The van der Waals surface area contributed by atoms with Crippen molar-refractivity contribution in [3.05, 3.63) is 101 Å². The number of hydrogen-bond acceptors (Lipinski definition) is 2. The first-order chi connectivity index (χ1) is 12.7. The Balaban J connectivity index is 1.76. The second-order valence-electron chi connectivity index (χ2n) is 6.25. The fourth-order valence-corrected chi connectivity index (χ4v) is 3.22. The van der Waals surface area contributed by atoms with E-state index in [-0.39, 0.29) is 5.56 Å². The summed E-state index contributed by atoms with van der Waals surface area (Å²) in [6, 6.07) is 27.7. The molecule has 0 radical (unpaired) electrons. The first kappa shape index (κ1) is 16.2. The van der Waals surface area contributed by atoms with Gasteiger partial charge in [-0.3, -0.25) is 4.79 Å². The Morgan fingerprint density at radius 1 is 0.808 bits per heavy atom. The number of ether oxygens (including phenoxy) is 1. The molecule has 0 bridgehead atoms. The number of hydrogen-bond donors (Lipinski definition) is 0. The molecule has 0 N–H and O–H groups in total. The highest BCUT2D eigenvalue weighted by molar-refractivity contribution is 5.83. The van der Waals surface area contributed by atoms with Gasteiger partial charge in [-0.2, -0.15) is 0 Å². The molecule has 4 aromatic rings. The molecular weight excluding hydrogens is 322 g/mol. The Hall–Kier alpha value is -3.33. The molecule has 0 unspecified atom stereocenters. The van der Waals surface area contributed by atoms with E-state index >= 15 is 0 Å². The number of nitrogens with zero attached hydrogens (tertiary/aromatic N) is 1. The molecule has 0 amide bonds. The predicted molar refractivity (Wildman–Crippen MR) is 106 cm³/mol. The molecule has 1 aromatic heterocycles. The Labute approximate surface area is 152 Å². The van der Waals surface area contributed by atoms with E-state index in [1.165, 1.54) is 10.8 Å². The zero-order valence-electron chi connectivity index (χ0n) is 14.6. The van der Waals surface area contributed by atoms with E-state index in [4.69, 9.17) is 4.74 Å². The Kier molecular flexibility index (Phi) is 4.28. The third-order valence-electron chi connectivity index (χ3n) is 4.59. The van der Waals surface area contributed by atoms with Gasteiger partial charge in [0.2, 0.25) is 0 Å². The summed E-state index contributed by atoms with van der Waals surface area (Å²) in [7, 11) is 1.65. The van der Waals surface area contributed by atoms with E-state index in [2.05, 4.69) is 30.3 Å². The summed E-state index contributed by atoms with van der Waals surface area (Å²) >= 11 is 0. The molecular formula is C23H19NO2. The van der Waals surface area contributed by atoms with Crippen LogP contribution in [0.5, 0.6) is 5.75 Å². The Morgan fingerprint density at radius 3 is 2.35 bits per heavy atom. The average molecular weight is 341 g/mol. The van der Waals surface area contributed by atoms with Crippen molar-refractivity contribution < 1.29 is 4.74 Å². The zero-order valence-corrected chi connectivity index (χ0v) is 14.6. The van der Waals surface area contributed by atoms with E-state index in [9.17, 15) is 4.79 Å². The number of benzene rings is 3. The van der Waals surface area contributed by atoms with Crippen LogP contribution in [0.1, 0.15) is 5.56 Å². The third-order valence-corrected chi connectivity index (χ3v) is 4.59. The van der Waals surface area contributed by atoms with E-state index in [0.29, 0.717) is 6.54 Å². The first-order valence-electron chi connectivity index (χ1n) is 8.56. The van der Waals surface area contributed by atoms with Crippen LogP contribution < -0.4 is 10.3 Å². The van der Waals surface area contributed by atoms with Crippen LogP contribution in [-0.2, 0) is 6.54 Å². The molecule has 128 valence electrons. The molecule has 0 spiro atoms. The van der Waals surface area contributed by atoms with Crippen LogP contribution in [0.2, 0.25) is 0 Å². The van der Waals surface area contributed by atoms with Gasteiger partial charge in [-0.05, 0) is 58.3 Å². The van der Waals surface area contributed by atoms with Gasteiger partial charge in [0, 0.05) is 6.07 Å². The molecule has 0 saturated heterocycles. The number of methoxy groups -OCH3 is 1. The minimum absolute atomic E-state index is 0.00789. The summed E-state index contributed by atoms with van der Waals surface area (Å²) in [5, 5.41) is 2.38. The molecule has 4 rings (SSSR count). The van der Waals surface area contributed by atoms with Crippen LogP contribution in [-0.4, -0.2) is 11.7 Å². The number of rotatable bonds is 4. The minimum atomic E-state index is -0.00789. The largest absolute Gasteiger partial charge is 0.497 e. The standard InChI is InChI=1S/C23H19NO2/c1-26-21-13-11-19(12-14-21)22-7-4-8-23(25)24(22)16-17-9-10-18-5-2-3-6-20(18)15-17/h2-15H,16H2,1H3. The summed E-state index contributed by atoms with van der Waals surface area (Å²) in [6.45, 7) is 0.534. The SMILES string of the molecule is COc1ccc(-c2cccc(=O)n2Cc2ccc3ccccc3c2)cc1. The van der Waals surface area contributed by atoms with Crippen molar-refractivity contribution in [3.63, 3.8) is 0 Å². The average Bonchev–Trinajstić information content (AvgIpc) is 2.69. The first-order valence-corrected chi connectivity index (χ1v) is 8.56. The van der Waals surface area contributed by atoms with E-state index in [0.717, 1.165) is 22.6 Å². The molecule has 0 saturated carbocycles. The van der Waals surface area contributed by atoms with Crippen molar-refractivity contribution in [1.82, 2.24) is 4.57 Å². The predicted octanol–water partition coefficient (Wildman–Crippen LogP) is 4.73. The maximum Gasteiger partial charge on any atom is 0.251 e. The van der Waals surface area contributed by atoms with Gasteiger partial charge in [-0.25, -0.2) is 0 Å². The van der Waals surface area contributed by atoms with Gasteiger partial charge in [-0.1, -0.05) is 42.5 Å². The lowest BCUT2D eigenvalue weighted by molar-refractivity contribution is 0.415. The Bertz CT molecular complexity index is 1110. The highest BCUT2D eigenvalue weighted by Gasteiger charge is 2.08. The van der Waals surface area contributed by atoms with Gasteiger partial charge in [0.15, 0.2) is 0 Å². The summed E-state index contributed by atoms with van der Waals surface area (Å²) in [6.07, 6.45) is 0. The van der Waals surface area contributed by atoms with Crippen LogP contribution >= 0.6 is 0 Å². The van der Waals surface area contributed by atoms with E-state index < -0.39 is 0 Å². The smallest absolute Gasteiger partial charge is 0.251 e. The lowest BCUT2D eigenvalue weighted by Crippen LogP contribution is -2.21. The quantitative estimate of drug-likeness (QED) is 0.537. The molecule has 3 nitrogen and oxygen atoms in total. The number of aromatic nitrogens is 1. The lowest BCUT2D eigenvalue weighted by atomic mass is 10.1. The highest BCUT2D eigenvalue weighted by Crippen LogP contribution is 2.23. The van der Waals surface area contributed by atoms with Gasteiger partial charge in [0.1, 0.15) is 5.75 Å². The monoisotopic (exact) mass is 341 g/mol. The number of pyridine rings is 1. The molecule has 0 aliphatic heterocycles. The molecule has 26 heavy (non-hydrogen) atoms. The fraction of sp³-hybridized carbons (Fsp3) is 0.0870. The van der Waals surface area contributed by atoms with Crippen LogP contribution in [0.4, 0.5) is 0 Å². The van der Waals surface area contributed by atoms with Gasteiger partial charge < -0.3 is 9.30 Å². The normalized spacial score (nSPS) is 10.8. The van der Waals surface area contributed by atoms with Crippen molar-refractivity contribution in [2.24, 2.45) is 0 Å². The Morgan fingerprint density at radius 2 is 1.58 bits per heavy atom. The maximum absolute atomic E-state index is 12.5. The molecule has 0 aliphatic rings. The molecule has 3 heteroatoms. The molecule has 1 heterocycles. The summed E-state index contributed by atoms with van der Waals surface area (Å²) in [4.78, 5) is 12.5. The van der Waals surface area contributed by atoms with Crippen molar-refractivity contribution >= 4 is 10.8 Å². The van der Waals surface area contributed by atoms with E-state index in [1.807, 2.05) is 47.0 Å². The van der Waals surface area contributed by atoms with Crippen molar-refractivity contribution in [2.75, 3.05) is 7.11 Å². The summed E-state index contributed by atoms with van der Waals surface area (Å²) < 4.78 is 7.04. The van der Waals surface area contributed by atoms with Gasteiger partial charge in [-0.15, -0.1) is 0 Å². The molecule has 0 aliphatic carbocycles. The minimum Gasteiger partial charge on any atom is -0.497 e. The fourth-order valence-electron chi connectivity index (χ4n) is 3.22. The van der Waals surface area contributed by atoms with Gasteiger partial charge in [0.05, 0.1) is 19.3 Å². The van der Waals surface area contributed by atoms with Gasteiger partial charge >= 0.3 is 0 Å². The third kappa shape index (κ3) is 3.11. The van der Waals surface area contributed by atoms with Crippen LogP contribution in [0.3, 0.4) is 0 Å². The second kappa shape index (κ2) is 6.89. The van der Waals surface area contributed by atoms with Crippen molar-refractivity contribution in [1.29, 1.82) is 0 Å².